The van der Waals surface area contributed by atoms with Gasteiger partial charge in [-0.25, -0.2) is 0 Å². The number of likely N-dealkylation sites (N-methyl/N-ethyl adjacent to an activating group) is 1. The largest absolute Gasteiger partial charge is 0.508 e. The van der Waals surface area contributed by atoms with E-state index in [4.69, 9.17) is 0 Å². The summed E-state index contributed by atoms with van der Waals surface area (Å²) in [4.78, 5) is 0. The number of rotatable bonds is 6. The molecule has 4 nitrogen and oxygen atoms in total. The second-order valence-corrected chi connectivity index (χ2v) is 8.96. The minimum Gasteiger partial charge on any atom is -0.508 e. The van der Waals surface area contributed by atoms with Gasteiger partial charge in [0.15, 0.2) is 0 Å². The molecule has 0 saturated heterocycles. The third-order valence-electron chi connectivity index (χ3n) is 7.04. The number of aliphatic hydroxyl groups excluding tert-OH is 2. The van der Waals surface area contributed by atoms with Gasteiger partial charge in [0.25, 0.3) is 0 Å². The molecule has 2 aliphatic rings. The highest BCUT2D eigenvalue weighted by molar-refractivity contribution is 5.39. The predicted octanol–water partition coefficient (Wildman–Crippen LogP) is 3.46. The molecular weight excluding hydrogens is 350 g/mol. The van der Waals surface area contributed by atoms with E-state index in [9.17, 15) is 15.3 Å². The van der Waals surface area contributed by atoms with Gasteiger partial charge in [-0.2, -0.15) is 0 Å². The lowest BCUT2D eigenvalue weighted by atomic mass is 9.80. The Morgan fingerprint density at radius 1 is 1.00 bits per heavy atom. The highest BCUT2D eigenvalue weighted by atomic mass is 16.3. The van der Waals surface area contributed by atoms with Gasteiger partial charge in [-0.15, -0.1) is 0 Å². The number of aliphatic hydroxyl groups is 2. The van der Waals surface area contributed by atoms with Crippen molar-refractivity contribution >= 4 is 0 Å². The maximum absolute atomic E-state index is 10.2. The third kappa shape index (κ3) is 3.69. The number of aromatic hydroxyl groups is 1. The third-order valence-corrected chi connectivity index (χ3v) is 7.04. The van der Waals surface area contributed by atoms with Gasteiger partial charge in [0.05, 0.1) is 33.4 Å². The summed E-state index contributed by atoms with van der Waals surface area (Å²) in [7, 11) is 2.40. The Kier molecular flexibility index (Phi) is 5.46. The second kappa shape index (κ2) is 7.86. The van der Waals surface area contributed by atoms with Crippen LogP contribution in [0.3, 0.4) is 0 Å². The van der Waals surface area contributed by atoms with Crippen LogP contribution >= 0.6 is 0 Å². The molecule has 2 atom stereocenters. The van der Waals surface area contributed by atoms with E-state index in [-0.39, 0.29) is 19.0 Å². The molecular formula is C24H32NO3+. The molecule has 0 unspecified atom stereocenters. The van der Waals surface area contributed by atoms with Crippen LogP contribution < -0.4 is 0 Å². The molecule has 2 aromatic carbocycles. The Labute approximate surface area is 167 Å². The molecule has 4 heteroatoms. The quantitative estimate of drug-likeness (QED) is 0.671. The highest BCUT2D eigenvalue weighted by Crippen LogP contribution is 2.41. The summed E-state index contributed by atoms with van der Waals surface area (Å²) in [5, 5.41) is 29.1. The van der Waals surface area contributed by atoms with E-state index in [1.807, 2.05) is 18.2 Å². The van der Waals surface area contributed by atoms with Crippen molar-refractivity contribution in [3.8, 4) is 5.75 Å². The Morgan fingerprint density at radius 3 is 2.43 bits per heavy atom. The summed E-state index contributed by atoms with van der Waals surface area (Å²) in [6.07, 6.45) is 5.99. The zero-order valence-corrected chi connectivity index (χ0v) is 16.8. The lowest BCUT2D eigenvalue weighted by molar-refractivity contribution is -0.945. The summed E-state index contributed by atoms with van der Waals surface area (Å²) in [5.74, 6) is 1.01. The van der Waals surface area contributed by atoms with Crippen LogP contribution in [-0.2, 0) is 26.1 Å². The molecule has 3 N–H and O–H groups in total. The summed E-state index contributed by atoms with van der Waals surface area (Å²) in [6, 6.07) is 12.5. The molecule has 1 heterocycles. The molecule has 0 bridgehead atoms. The van der Waals surface area contributed by atoms with Crippen molar-refractivity contribution in [2.45, 2.75) is 51.4 Å². The zero-order valence-electron chi connectivity index (χ0n) is 16.8. The van der Waals surface area contributed by atoms with Crippen molar-refractivity contribution < 1.29 is 19.8 Å². The molecule has 1 saturated carbocycles. The Hall–Kier alpha value is -1.88. The number of phenols is 1. The molecule has 0 radical (unpaired) electrons. The number of fused-ring (bicyclic) bond motifs is 1. The van der Waals surface area contributed by atoms with Crippen LogP contribution in [0.15, 0.2) is 36.4 Å². The Balaban J connectivity index is 1.68. The fraction of sp³-hybridized carbons (Fsp3) is 0.500. The first-order valence-corrected chi connectivity index (χ1v) is 10.5. The van der Waals surface area contributed by atoms with Gasteiger partial charge >= 0.3 is 0 Å². The smallest absolute Gasteiger partial charge is 0.121 e. The van der Waals surface area contributed by atoms with Crippen molar-refractivity contribution in [3.63, 3.8) is 0 Å². The maximum Gasteiger partial charge on any atom is 0.121 e. The lowest BCUT2D eigenvalue weighted by Gasteiger charge is -2.48. The molecule has 2 aromatic rings. The Bertz CT molecular complexity index is 846. The number of benzene rings is 2. The zero-order chi connectivity index (χ0) is 19.7. The van der Waals surface area contributed by atoms with Gasteiger partial charge in [0.2, 0.25) is 0 Å². The van der Waals surface area contributed by atoms with E-state index in [2.05, 4.69) is 25.2 Å². The molecule has 28 heavy (non-hydrogen) atoms. The summed E-state index contributed by atoms with van der Waals surface area (Å²) < 4.78 is 1.04. The molecule has 0 amide bonds. The SMILES string of the molecule is C[N@+]1(CC2CCC2)CCc2cc(CO)ccc2[C@H]1Cc1ccc(CO)c(O)c1. The van der Waals surface area contributed by atoms with E-state index in [0.29, 0.717) is 11.6 Å². The van der Waals surface area contributed by atoms with Crippen LogP contribution in [0.1, 0.15) is 53.1 Å². The molecule has 0 spiro atoms. The number of nitrogens with zero attached hydrogens (tertiary/aromatic N) is 1. The number of hydrogen-bond acceptors (Lipinski definition) is 3. The van der Waals surface area contributed by atoms with Crippen molar-refractivity contribution in [3.05, 3.63) is 64.2 Å². The van der Waals surface area contributed by atoms with E-state index in [1.54, 1.807) is 0 Å². The van der Waals surface area contributed by atoms with Gasteiger partial charge in [-0.05, 0) is 35.6 Å². The van der Waals surface area contributed by atoms with Crippen molar-refractivity contribution in [2.75, 3.05) is 20.1 Å². The topological polar surface area (TPSA) is 60.7 Å². The summed E-state index contributed by atoms with van der Waals surface area (Å²) in [6.45, 7) is 2.27. The Morgan fingerprint density at radius 2 is 1.79 bits per heavy atom. The minimum atomic E-state index is -0.141. The average Bonchev–Trinajstić information content (AvgIpc) is 2.67. The minimum absolute atomic E-state index is 0.0860. The first-order chi connectivity index (χ1) is 13.5. The molecule has 1 fully saturated rings. The highest BCUT2D eigenvalue weighted by Gasteiger charge is 2.41. The maximum atomic E-state index is 10.2. The van der Waals surface area contributed by atoms with Gasteiger partial charge < -0.3 is 19.8 Å². The molecule has 150 valence electrons. The first kappa shape index (κ1) is 19.4. The summed E-state index contributed by atoms with van der Waals surface area (Å²) >= 11 is 0. The molecule has 1 aliphatic carbocycles. The standard InChI is InChI=1S/C24H31NO3/c1-25(14-17-3-2-4-17)10-9-20-11-19(15-26)6-8-22(20)23(25)12-18-5-7-21(16-27)24(28)13-18/h5-8,11,13,17,23,26-27H,2-4,9-10,12,14-16H2,1H3/p+1/t23-,25-/m1/s1. The van der Waals surface area contributed by atoms with Crippen molar-refractivity contribution in [2.24, 2.45) is 5.92 Å². The van der Waals surface area contributed by atoms with Crippen LogP contribution in [0.2, 0.25) is 0 Å². The molecule has 1 aliphatic heterocycles. The predicted molar refractivity (Wildman–Crippen MR) is 110 cm³/mol. The monoisotopic (exact) mass is 382 g/mol. The lowest BCUT2D eigenvalue weighted by Crippen LogP contribution is -2.55. The fourth-order valence-corrected chi connectivity index (χ4v) is 5.07. The average molecular weight is 383 g/mol. The van der Waals surface area contributed by atoms with E-state index in [0.717, 1.165) is 40.9 Å². The van der Waals surface area contributed by atoms with Crippen LogP contribution in [-0.4, -0.2) is 39.9 Å². The molecule has 0 aromatic heterocycles. The normalized spacial score (nSPS) is 24.6. The van der Waals surface area contributed by atoms with Gasteiger partial charge in [0.1, 0.15) is 11.8 Å². The number of quaternary nitrogens is 1. The molecule has 4 rings (SSSR count). The second-order valence-electron chi connectivity index (χ2n) is 8.96. The van der Waals surface area contributed by atoms with E-state index >= 15 is 0 Å². The van der Waals surface area contributed by atoms with Crippen LogP contribution in [0.5, 0.6) is 5.75 Å². The first-order valence-electron chi connectivity index (χ1n) is 10.5. The van der Waals surface area contributed by atoms with E-state index in [1.165, 1.54) is 36.9 Å². The van der Waals surface area contributed by atoms with Crippen LogP contribution in [0.4, 0.5) is 0 Å². The van der Waals surface area contributed by atoms with Gasteiger partial charge in [0, 0.05) is 29.9 Å². The van der Waals surface area contributed by atoms with Gasteiger partial charge in [-0.3, -0.25) is 0 Å². The fourth-order valence-electron chi connectivity index (χ4n) is 5.07. The van der Waals surface area contributed by atoms with Crippen molar-refractivity contribution in [1.29, 1.82) is 0 Å². The number of hydrogen-bond donors (Lipinski definition) is 3. The van der Waals surface area contributed by atoms with Crippen molar-refractivity contribution in [1.82, 2.24) is 0 Å². The van der Waals surface area contributed by atoms with Crippen LogP contribution in [0.25, 0.3) is 0 Å². The van der Waals surface area contributed by atoms with Gasteiger partial charge in [-0.1, -0.05) is 36.8 Å². The summed E-state index contributed by atoms with van der Waals surface area (Å²) in [5.41, 5.74) is 5.41. The van der Waals surface area contributed by atoms with Crippen LogP contribution in [0, 0.1) is 5.92 Å². The van der Waals surface area contributed by atoms with E-state index < -0.39 is 0 Å².